The maximum Gasteiger partial charge on any atom is 0.313 e. The van der Waals surface area contributed by atoms with Gasteiger partial charge in [0.2, 0.25) is 12.0 Å². The van der Waals surface area contributed by atoms with Crippen molar-refractivity contribution in [2.24, 2.45) is 0 Å². The highest BCUT2D eigenvalue weighted by atomic mass is 19.1. The summed E-state index contributed by atoms with van der Waals surface area (Å²) in [5.74, 6) is -2.88. The standard InChI is InChI=1S/C15H17FO4/c1-15(2,3)20-12(18)9-11(17)13(16)14(19)10-7-5-4-6-8-10/h4-8,13H,9H2,1-3H3. The van der Waals surface area contributed by atoms with Crippen LogP contribution >= 0.6 is 0 Å². The summed E-state index contributed by atoms with van der Waals surface area (Å²) in [6.45, 7) is 4.91. The summed E-state index contributed by atoms with van der Waals surface area (Å²) < 4.78 is 18.7. The van der Waals surface area contributed by atoms with Crippen molar-refractivity contribution in [1.82, 2.24) is 0 Å². The first-order valence-corrected chi connectivity index (χ1v) is 6.18. The maximum atomic E-state index is 13.8. The summed E-state index contributed by atoms with van der Waals surface area (Å²) in [7, 11) is 0. The molecule has 0 aliphatic rings. The van der Waals surface area contributed by atoms with Crippen LogP contribution in [0.15, 0.2) is 30.3 Å². The third-order valence-electron chi connectivity index (χ3n) is 2.31. The van der Waals surface area contributed by atoms with Crippen molar-refractivity contribution >= 4 is 17.5 Å². The SMILES string of the molecule is CC(C)(C)OC(=O)CC(=O)C(F)C(=O)c1ccccc1. The Morgan fingerprint density at radius 2 is 1.70 bits per heavy atom. The van der Waals surface area contributed by atoms with E-state index in [9.17, 15) is 18.8 Å². The van der Waals surface area contributed by atoms with Crippen molar-refractivity contribution in [2.75, 3.05) is 0 Å². The van der Waals surface area contributed by atoms with Gasteiger partial charge >= 0.3 is 5.97 Å². The Hall–Kier alpha value is -2.04. The molecule has 0 N–H and O–H groups in total. The lowest BCUT2D eigenvalue weighted by Crippen LogP contribution is -2.31. The Bertz CT molecular complexity index is 502. The van der Waals surface area contributed by atoms with Crippen LogP contribution in [-0.2, 0) is 14.3 Å². The van der Waals surface area contributed by atoms with Crippen molar-refractivity contribution in [3.63, 3.8) is 0 Å². The number of hydrogen-bond acceptors (Lipinski definition) is 4. The number of Topliss-reactive ketones (excluding diaryl/α,β-unsaturated/α-hetero) is 2. The topological polar surface area (TPSA) is 60.4 Å². The lowest BCUT2D eigenvalue weighted by molar-refractivity contribution is -0.156. The minimum absolute atomic E-state index is 0.0949. The molecule has 0 fully saturated rings. The van der Waals surface area contributed by atoms with Crippen molar-refractivity contribution < 1.29 is 23.5 Å². The fraction of sp³-hybridized carbons (Fsp3) is 0.400. The largest absolute Gasteiger partial charge is 0.460 e. The van der Waals surface area contributed by atoms with E-state index in [-0.39, 0.29) is 5.56 Å². The normalized spacial score (nSPS) is 12.6. The summed E-state index contributed by atoms with van der Waals surface area (Å²) in [6.07, 6.45) is -3.10. The Labute approximate surface area is 116 Å². The number of benzene rings is 1. The Morgan fingerprint density at radius 1 is 1.15 bits per heavy atom. The molecule has 0 aliphatic heterocycles. The highest BCUT2D eigenvalue weighted by molar-refractivity contribution is 6.16. The molecule has 0 aromatic heterocycles. The zero-order valence-electron chi connectivity index (χ0n) is 11.7. The minimum Gasteiger partial charge on any atom is -0.460 e. The second-order valence-electron chi connectivity index (χ2n) is 5.32. The van der Waals surface area contributed by atoms with Gasteiger partial charge in [0.15, 0.2) is 5.78 Å². The van der Waals surface area contributed by atoms with Crippen LogP contribution in [0.3, 0.4) is 0 Å². The van der Waals surface area contributed by atoms with Crippen LogP contribution in [-0.4, -0.2) is 29.3 Å². The predicted octanol–water partition coefficient (Wildman–Crippen LogP) is 2.51. The van der Waals surface area contributed by atoms with Gasteiger partial charge in [-0.25, -0.2) is 4.39 Å². The molecule has 0 radical (unpaired) electrons. The highest BCUT2D eigenvalue weighted by Gasteiger charge is 2.30. The number of hydrogen-bond donors (Lipinski definition) is 0. The van der Waals surface area contributed by atoms with Gasteiger partial charge in [-0.15, -0.1) is 0 Å². The number of ether oxygens (including phenoxy) is 1. The molecular formula is C15H17FO4. The molecule has 0 bridgehead atoms. The van der Waals surface area contributed by atoms with Crippen LogP contribution in [0.2, 0.25) is 0 Å². The first kappa shape index (κ1) is 16.0. The Morgan fingerprint density at radius 3 is 2.20 bits per heavy atom. The van der Waals surface area contributed by atoms with E-state index in [1.54, 1.807) is 39.0 Å². The molecule has 1 aromatic carbocycles. The molecule has 5 heteroatoms. The summed E-state index contributed by atoms with van der Waals surface area (Å²) in [5, 5.41) is 0. The monoisotopic (exact) mass is 280 g/mol. The summed E-state index contributed by atoms with van der Waals surface area (Å²) >= 11 is 0. The molecule has 4 nitrogen and oxygen atoms in total. The van der Waals surface area contributed by atoms with Crippen LogP contribution in [0.5, 0.6) is 0 Å². The third kappa shape index (κ3) is 4.91. The Kier molecular flexibility index (Phi) is 5.13. The zero-order chi connectivity index (χ0) is 15.3. The average molecular weight is 280 g/mol. The maximum absolute atomic E-state index is 13.8. The number of alkyl halides is 1. The first-order valence-electron chi connectivity index (χ1n) is 6.18. The minimum atomic E-state index is -2.34. The first-order chi connectivity index (χ1) is 9.20. The van der Waals surface area contributed by atoms with Gasteiger partial charge in [0.25, 0.3) is 0 Å². The van der Waals surface area contributed by atoms with Crippen LogP contribution in [0.25, 0.3) is 0 Å². The molecule has 0 saturated heterocycles. The van der Waals surface area contributed by atoms with E-state index in [0.29, 0.717) is 0 Å². The number of ketones is 2. The molecule has 1 aromatic rings. The van der Waals surface area contributed by atoms with Gasteiger partial charge in [-0.2, -0.15) is 0 Å². The van der Waals surface area contributed by atoms with Crippen LogP contribution in [0, 0.1) is 0 Å². The van der Waals surface area contributed by atoms with Crippen molar-refractivity contribution in [1.29, 1.82) is 0 Å². The number of carbonyl (C=O) groups excluding carboxylic acids is 3. The lowest BCUT2D eigenvalue weighted by atomic mass is 10.0. The smallest absolute Gasteiger partial charge is 0.313 e. The molecule has 0 spiro atoms. The zero-order valence-corrected chi connectivity index (χ0v) is 11.7. The molecule has 0 aliphatic carbocycles. The van der Waals surface area contributed by atoms with Gasteiger partial charge in [0, 0.05) is 5.56 Å². The highest BCUT2D eigenvalue weighted by Crippen LogP contribution is 2.12. The quantitative estimate of drug-likeness (QED) is 0.472. The second-order valence-corrected chi connectivity index (χ2v) is 5.32. The predicted molar refractivity (Wildman–Crippen MR) is 71.1 cm³/mol. The fourth-order valence-electron chi connectivity index (χ4n) is 1.50. The van der Waals surface area contributed by atoms with E-state index in [2.05, 4.69) is 0 Å². The molecule has 0 saturated carbocycles. The van der Waals surface area contributed by atoms with Crippen LogP contribution in [0.4, 0.5) is 4.39 Å². The average Bonchev–Trinajstić information content (AvgIpc) is 2.35. The third-order valence-corrected chi connectivity index (χ3v) is 2.31. The van der Waals surface area contributed by atoms with Gasteiger partial charge in [0.1, 0.15) is 12.0 Å². The molecule has 1 atom stereocenters. The van der Waals surface area contributed by atoms with E-state index in [1.807, 2.05) is 0 Å². The molecule has 0 amide bonds. The fourth-order valence-corrected chi connectivity index (χ4v) is 1.50. The van der Waals surface area contributed by atoms with Gasteiger partial charge in [0.05, 0.1) is 0 Å². The summed E-state index contributed by atoms with van der Waals surface area (Å²) in [6, 6.07) is 7.63. The van der Waals surface area contributed by atoms with Crippen LogP contribution in [0.1, 0.15) is 37.6 Å². The molecule has 0 heterocycles. The van der Waals surface area contributed by atoms with Gasteiger partial charge in [-0.3, -0.25) is 14.4 Å². The molecule has 1 unspecified atom stereocenters. The van der Waals surface area contributed by atoms with Crippen molar-refractivity contribution in [3.05, 3.63) is 35.9 Å². The molecule has 1 rings (SSSR count). The lowest BCUT2D eigenvalue weighted by Gasteiger charge is -2.19. The van der Waals surface area contributed by atoms with Gasteiger partial charge in [-0.05, 0) is 20.8 Å². The van der Waals surface area contributed by atoms with Gasteiger partial charge in [-0.1, -0.05) is 30.3 Å². The summed E-state index contributed by atoms with van der Waals surface area (Å²) in [5.41, 5.74) is -0.662. The molecular weight excluding hydrogens is 263 g/mol. The summed E-state index contributed by atoms with van der Waals surface area (Å²) in [4.78, 5) is 34.7. The van der Waals surface area contributed by atoms with E-state index >= 15 is 0 Å². The van der Waals surface area contributed by atoms with E-state index in [0.717, 1.165) is 0 Å². The molecule has 20 heavy (non-hydrogen) atoms. The number of rotatable bonds is 5. The number of esters is 1. The van der Waals surface area contributed by atoms with Crippen molar-refractivity contribution in [3.8, 4) is 0 Å². The molecule has 108 valence electrons. The van der Waals surface area contributed by atoms with E-state index in [4.69, 9.17) is 4.74 Å². The number of carbonyl (C=O) groups is 3. The second kappa shape index (κ2) is 6.41. The van der Waals surface area contributed by atoms with Crippen molar-refractivity contribution in [2.45, 2.75) is 39.0 Å². The van der Waals surface area contributed by atoms with E-state index in [1.165, 1.54) is 12.1 Å². The number of halogens is 1. The van der Waals surface area contributed by atoms with E-state index < -0.39 is 35.7 Å². The van der Waals surface area contributed by atoms with Crippen LogP contribution < -0.4 is 0 Å². The Balaban J connectivity index is 2.64. The van der Waals surface area contributed by atoms with Gasteiger partial charge < -0.3 is 4.74 Å².